The van der Waals surface area contributed by atoms with Crippen molar-refractivity contribution >= 4 is 11.6 Å². The standard InChI is InChI=1S/C27H31N3O2/c31-27(28-26-14-8-7-11-24(26)21-23-9-3-1-4-10-23)22-30-17-15-29(16-18-30)19-20-32-25-12-5-2-6-13-25/h1-14H,15-22H2,(H,28,31)/p+2. The van der Waals surface area contributed by atoms with Crippen molar-refractivity contribution in [3.63, 3.8) is 0 Å². The molecule has 3 aromatic carbocycles. The second-order valence-electron chi connectivity index (χ2n) is 8.46. The topological polar surface area (TPSA) is 47.2 Å². The molecule has 166 valence electrons. The summed E-state index contributed by atoms with van der Waals surface area (Å²) in [6.45, 7) is 6.43. The van der Waals surface area contributed by atoms with E-state index < -0.39 is 0 Å². The lowest BCUT2D eigenvalue weighted by molar-refractivity contribution is -1.01. The summed E-state index contributed by atoms with van der Waals surface area (Å²) in [6, 6.07) is 28.5. The second kappa shape index (κ2) is 11.5. The molecule has 4 rings (SSSR count). The molecular formula is C27H33N3O2+2. The van der Waals surface area contributed by atoms with E-state index in [1.54, 1.807) is 4.90 Å². The third-order valence-corrected chi connectivity index (χ3v) is 6.07. The molecule has 0 aromatic heterocycles. The molecule has 0 bridgehead atoms. The first kappa shape index (κ1) is 22.1. The van der Waals surface area contributed by atoms with Crippen molar-refractivity contribution in [2.75, 3.05) is 51.2 Å². The normalized spacial score (nSPS) is 18.1. The molecule has 1 heterocycles. The lowest BCUT2D eigenvalue weighted by Crippen LogP contribution is -3.28. The summed E-state index contributed by atoms with van der Waals surface area (Å²) in [7, 11) is 0. The van der Waals surface area contributed by atoms with E-state index in [1.807, 2.05) is 54.6 Å². The molecule has 5 nitrogen and oxygen atoms in total. The molecule has 1 aliphatic heterocycles. The van der Waals surface area contributed by atoms with E-state index in [1.165, 1.54) is 10.5 Å². The predicted octanol–water partition coefficient (Wildman–Crippen LogP) is 1.08. The molecule has 0 aliphatic carbocycles. The quantitative estimate of drug-likeness (QED) is 0.475. The molecular weight excluding hydrogens is 398 g/mol. The maximum Gasteiger partial charge on any atom is 0.279 e. The maximum absolute atomic E-state index is 12.7. The first-order valence-electron chi connectivity index (χ1n) is 11.5. The van der Waals surface area contributed by atoms with Crippen LogP contribution in [0, 0.1) is 0 Å². The highest BCUT2D eigenvalue weighted by Gasteiger charge is 2.24. The Hall–Kier alpha value is -3.15. The number of piperazine rings is 1. The second-order valence-corrected chi connectivity index (χ2v) is 8.46. The van der Waals surface area contributed by atoms with Gasteiger partial charge in [0.15, 0.2) is 6.54 Å². The van der Waals surface area contributed by atoms with Crippen LogP contribution in [-0.4, -0.2) is 51.8 Å². The number of amides is 1. The average Bonchev–Trinajstić information content (AvgIpc) is 2.83. The molecule has 32 heavy (non-hydrogen) atoms. The first-order valence-corrected chi connectivity index (χ1v) is 11.5. The van der Waals surface area contributed by atoms with Crippen molar-refractivity contribution in [3.05, 3.63) is 96.1 Å². The Bertz CT molecular complexity index is 970. The monoisotopic (exact) mass is 431 g/mol. The summed E-state index contributed by atoms with van der Waals surface area (Å²) >= 11 is 0. The summed E-state index contributed by atoms with van der Waals surface area (Å²) < 4.78 is 5.83. The molecule has 0 saturated carbocycles. The van der Waals surface area contributed by atoms with E-state index in [9.17, 15) is 4.79 Å². The number of carbonyl (C=O) groups is 1. The van der Waals surface area contributed by atoms with Gasteiger partial charge < -0.3 is 19.9 Å². The smallest absolute Gasteiger partial charge is 0.279 e. The van der Waals surface area contributed by atoms with Crippen molar-refractivity contribution in [3.8, 4) is 5.75 Å². The van der Waals surface area contributed by atoms with Crippen LogP contribution in [0.5, 0.6) is 5.75 Å². The van der Waals surface area contributed by atoms with Crippen molar-refractivity contribution in [1.82, 2.24) is 0 Å². The minimum atomic E-state index is 0.0939. The first-order chi connectivity index (χ1) is 15.8. The predicted molar refractivity (Wildman–Crippen MR) is 127 cm³/mol. The third kappa shape index (κ3) is 6.67. The number of rotatable bonds is 9. The number of hydrogen-bond acceptors (Lipinski definition) is 2. The molecule has 1 fully saturated rings. The van der Waals surface area contributed by atoms with Crippen LogP contribution in [0.3, 0.4) is 0 Å². The summed E-state index contributed by atoms with van der Waals surface area (Å²) in [4.78, 5) is 15.6. The zero-order chi connectivity index (χ0) is 22.0. The highest BCUT2D eigenvalue weighted by Crippen LogP contribution is 2.18. The Labute approximate surface area is 190 Å². The summed E-state index contributed by atoms with van der Waals surface area (Å²) in [5.74, 6) is 1.02. The van der Waals surface area contributed by atoms with Gasteiger partial charge in [-0.15, -0.1) is 0 Å². The van der Waals surface area contributed by atoms with Gasteiger partial charge >= 0.3 is 0 Å². The van der Waals surface area contributed by atoms with Crippen LogP contribution in [0.25, 0.3) is 0 Å². The molecule has 3 N–H and O–H groups in total. The molecule has 1 aliphatic rings. The highest BCUT2D eigenvalue weighted by atomic mass is 16.5. The van der Waals surface area contributed by atoms with E-state index in [-0.39, 0.29) is 5.91 Å². The number of ether oxygens (including phenoxy) is 1. The molecule has 5 heteroatoms. The van der Waals surface area contributed by atoms with Gasteiger partial charge in [-0.3, -0.25) is 4.79 Å². The lowest BCUT2D eigenvalue weighted by atomic mass is 10.0. The number of quaternary nitrogens is 2. The van der Waals surface area contributed by atoms with Gasteiger partial charge in [-0.2, -0.15) is 0 Å². The Balaban J connectivity index is 1.20. The van der Waals surface area contributed by atoms with Crippen molar-refractivity contribution < 1.29 is 19.3 Å². The van der Waals surface area contributed by atoms with Gasteiger partial charge in [0, 0.05) is 5.69 Å². The van der Waals surface area contributed by atoms with Gasteiger partial charge in [-0.25, -0.2) is 0 Å². The van der Waals surface area contributed by atoms with E-state index in [4.69, 9.17) is 4.74 Å². The van der Waals surface area contributed by atoms with Crippen LogP contribution in [0.2, 0.25) is 0 Å². The van der Waals surface area contributed by atoms with Gasteiger partial charge in [-0.1, -0.05) is 66.7 Å². The number of para-hydroxylation sites is 2. The van der Waals surface area contributed by atoms with Crippen LogP contribution >= 0.6 is 0 Å². The zero-order valence-electron chi connectivity index (χ0n) is 18.6. The molecule has 3 aromatic rings. The molecule has 0 radical (unpaired) electrons. The molecule has 0 atom stereocenters. The van der Waals surface area contributed by atoms with Crippen LogP contribution in [0.15, 0.2) is 84.9 Å². The molecule has 1 amide bonds. The summed E-state index contributed by atoms with van der Waals surface area (Å²) in [5.41, 5.74) is 3.31. The number of anilines is 1. The van der Waals surface area contributed by atoms with Crippen LogP contribution in [0.4, 0.5) is 5.69 Å². The number of benzene rings is 3. The Morgan fingerprint density at radius 2 is 1.41 bits per heavy atom. The maximum atomic E-state index is 12.7. The van der Waals surface area contributed by atoms with E-state index in [2.05, 4.69) is 35.6 Å². The summed E-state index contributed by atoms with van der Waals surface area (Å²) in [6.07, 6.45) is 0.817. The average molecular weight is 432 g/mol. The Morgan fingerprint density at radius 3 is 2.16 bits per heavy atom. The van der Waals surface area contributed by atoms with Gasteiger partial charge in [0.25, 0.3) is 5.91 Å². The van der Waals surface area contributed by atoms with Crippen LogP contribution in [-0.2, 0) is 11.2 Å². The fourth-order valence-corrected chi connectivity index (χ4v) is 4.25. The molecule has 0 unspecified atom stereocenters. The Kier molecular flexibility index (Phi) is 7.90. The van der Waals surface area contributed by atoms with E-state index in [0.29, 0.717) is 6.54 Å². The number of nitrogens with one attached hydrogen (secondary N) is 3. The van der Waals surface area contributed by atoms with E-state index >= 15 is 0 Å². The largest absolute Gasteiger partial charge is 0.488 e. The van der Waals surface area contributed by atoms with Crippen molar-refractivity contribution in [1.29, 1.82) is 0 Å². The minimum Gasteiger partial charge on any atom is -0.488 e. The van der Waals surface area contributed by atoms with Gasteiger partial charge in [0.05, 0.1) is 0 Å². The fraction of sp³-hybridized carbons (Fsp3) is 0.296. The minimum absolute atomic E-state index is 0.0939. The van der Waals surface area contributed by atoms with Gasteiger partial charge in [-0.05, 0) is 35.7 Å². The number of carbonyl (C=O) groups excluding carboxylic acids is 1. The summed E-state index contributed by atoms with van der Waals surface area (Å²) in [5, 5.41) is 3.16. The van der Waals surface area contributed by atoms with Crippen molar-refractivity contribution in [2.45, 2.75) is 6.42 Å². The highest BCUT2D eigenvalue weighted by molar-refractivity contribution is 5.92. The SMILES string of the molecule is O=C(C[NH+]1CC[NH+](CCOc2ccccc2)CC1)Nc1ccccc1Cc1ccccc1. The molecule has 1 saturated heterocycles. The third-order valence-electron chi connectivity index (χ3n) is 6.07. The van der Waals surface area contributed by atoms with E-state index in [0.717, 1.165) is 62.8 Å². The van der Waals surface area contributed by atoms with Crippen LogP contribution < -0.4 is 19.9 Å². The van der Waals surface area contributed by atoms with Crippen LogP contribution in [0.1, 0.15) is 11.1 Å². The Morgan fingerprint density at radius 1 is 0.781 bits per heavy atom. The van der Waals surface area contributed by atoms with Gasteiger partial charge in [0.1, 0.15) is 45.1 Å². The van der Waals surface area contributed by atoms with Gasteiger partial charge in [0.2, 0.25) is 0 Å². The fourth-order valence-electron chi connectivity index (χ4n) is 4.25. The van der Waals surface area contributed by atoms with Crippen molar-refractivity contribution in [2.24, 2.45) is 0 Å². The lowest BCUT2D eigenvalue weighted by Gasteiger charge is -2.29. The molecule has 0 spiro atoms. The number of hydrogen-bond donors (Lipinski definition) is 3. The zero-order valence-corrected chi connectivity index (χ0v) is 18.6.